The summed E-state index contributed by atoms with van der Waals surface area (Å²) in [5.74, 6) is -0.642. The van der Waals surface area contributed by atoms with Crippen LogP contribution in [0.5, 0.6) is 0 Å². The summed E-state index contributed by atoms with van der Waals surface area (Å²) in [5.41, 5.74) is 2.00. The zero-order valence-corrected chi connectivity index (χ0v) is 22.9. The lowest BCUT2D eigenvalue weighted by Gasteiger charge is -2.24. The molecule has 0 spiro atoms. The summed E-state index contributed by atoms with van der Waals surface area (Å²) in [6.07, 6.45) is -0.653. The Balaban J connectivity index is 1.75. The molecule has 2 N–H and O–H groups in total. The monoisotopic (exact) mass is 538 g/mol. The Morgan fingerprint density at radius 1 is 0.895 bits per heavy atom. The van der Waals surface area contributed by atoms with Crippen LogP contribution in [-0.2, 0) is 32.0 Å². The minimum absolute atomic E-state index is 0.0623. The third-order valence-electron chi connectivity index (χ3n) is 5.68. The fraction of sp³-hybridized carbons (Fsp3) is 0.345. The topological polar surface area (TPSA) is 103 Å². The lowest BCUT2D eigenvalue weighted by Crippen LogP contribution is -2.44. The van der Waals surface area contributed by atoms with Crippen LogP contribution < -0.4 is 10.6 Å². The SMILES string of the molecule is COC(=O)[C@@H](NC(=O)OCc1ccccc1)C(S)c1cccc2c(CCNC(=O)OC(C)(C)C)cccc12. The van der Waals surface area contributed by atoms with Gasteiger partial charge in [0.05, 0.1) is 12.4 Å². The van der Waals surface area contributed by atoms with Crippen molar-refractivity contribution in [3.63, 3.8) is 0 Å². The van der Waals surface area contributed by atoms with Gasteiger partial charge in [-0.15, -0.1) is 0 Å². The van der Waals surface area contributed by atoms with E-state index in [1.165, 1.54) is 7.11 Å². The Labute approximate surface area is 228 Å². The Morgan fingerprint density at radius 3 is 2.26 bits per heavy atom. The molecule has 0 heterocycles. The fourth-order valence-corrected chi connectivity index (χ4v) is 4.38. The number of alkyl carbamates (subject to hydrolysis) is 2. The minimum Gasteiger partial charge on any atom is -0.467 e. The zero-order chi connectivity index (χ0) is 27.7. The first-order valence-electron chi connectivity index (χ1n) is 12.3. The van der Waals surface area contributed by atoms with Crippen molar-refractivity contribution in [2.24, 2.45) is 0 Å². The smallest absolute Gasteiger partial charge is 0.408 e. The van der Waals surface area contributed by atoms with Crippen molar-refractivity contribution >= 4 is 41.6 Å². The third-order valence-corrected chi connectivity index (χ3v) is 6.26. The van der Waals surface area contributed by atoms with Gasteiger partial charge in [-0.25, -0.2) is 14.4 Å². The zero-order valence-electron chi connectivity index (χ0n) is 22.0. The van der Waals surface area contributed by atoms with E-state index >= 15 is 0 Å². The highest BCUT2D eigenvalue weighted by molar-refractivity contribution is 7.80. The van der Waals surface area contributed by atoms with Crippen molar-refractivity contribution < 1.29 is 28.6 Å². The second-order valence-corrected chi connectivity index (χ2v) is 10.2. The highest BCUT2D eigenvalue weighted by atomic mass is 32.1. The number of methoxy groups -OCH3 is 1. The number of carbonyl (C=O) groups is 3. The first-order valence-corrected chi connectivity index (χ1v) is 12.8. The first kappa shape index (κ1) is 28.8. The Kier molecular flexibility index (Phi) is 10.0. The molecule has 3 aromatic carbocycles. The predicted molar refractivity (Wildman–Crippen MR) is 149 cm³/mol. The summed E-state index contributed by atoms with van der Waals surface area (Å²) in [7, 11) is 1.26. The van der Waals surface area contributed by atoms with Crippen LogP contribution in [0.25, 0.3) is 10.8 Å². The molecule has 3 rings (SSSR count). The number of benzene rings is 3. The van der Waals surface area contributed by atoms with E-state index in [4.69, 9.17) is 26.8 Å². The van der Waals surface area contributed by atoms with Gasteiger partial charge in [0, 0.05) is 6.54 Å². The second kappa shape index (κ2) is 13.2. The van der Waals surface area contributed by atoms with Gasteiger partial charge < -0.3 is 24.8 Å². The van der Waals surface area contributed by atoms with E-state index < -0.39 is 35.0 Å². The Morgan fingerprint density at radius 2 is 1.58 bits per heavy atom. The molecule has 9 heteroatoms. The minimum atomic E-state index is -1.09. The summed E-state index contributed by atoms with van der Waals surface area (Å²) in [6, 6.07) is 19.7. The van der Waals surface area contributed by atoms with Gasteiger partial charge in [0.1, 0.15) is 18.2 Å². The lowest BCUT2D eigenvalue weighted by atomic mass is 9.94. The standard InChI is InChI=1S/C29H34N2O6S/c1-29(2,3)37-27(33)30-17-16-20-12-8-14-22-21(20)13-9-15-23(22)25(38)24(26(32)35-4)31-28(34)36-18-19-10-6-5-7-11-19/h5-15,24-25,38H,16-18H2,1-4H3,(H,30,33)(H,31,34)/t24-,25?/m0/s1. The van der Waals surface area contributed by atoms with E-state index in [0.717, 1.165) is 27.5 Å². The molecule has 0 aliphatic rings. The molecule has 0 aliphatic carbocycles. The highest BCUT2D eigenvalue weighted by Crippen LogP contribution is 2.33. The molecule has 0 fully saturated rings. The van der Waals surface area contributed by atoms with Gasteiger partial charge >= 0.3 is 18.2 Å². The van der Waals surface area contributed by atoms with Crippen molar-refractivity contribution in [1.82, 2.24) is 10.6 Å². The number of hydrogen-bond acceptors (Lipinski definition) is 7. The molecular weight excluding hydrogens is 504 g/mol. The van der Waals surface area contributed by atoms with Crippen LogP contribution in [0.4, 0.5) is 9.59 Å². The van der Waals surface area contributed by atoms with Gasteiger partial charge in [-0.3, -0.25) is 0 Å². The summed E-state index contributed by atoms with van der Waals surface area (Å²) in [4.78, 5) is 37.2. The van der Waals surface area contributed by atoms with Crippen LogP contribution in [0.3, 0.4) is 0 Å². The summed E-state index contributed by atoms with van der Waals surface area (Å²) >= 11 is 4.72. The van der Waals surface area contributed by atoms with Crippen LogP contribution in [-0.4, -0.2) is 43.5 Å². The Hall–Kier alpha value is -3.72. The average molecular weight is 539 g/mol. The number of ether oxygens (including phenoxy) is 3. The van der Waals surface area contributed by atoms with E-state index in [2.05, 4.69) is 10.6 Å². The molecule has 38 heavy (non-hydrogen) atoms. The largest absolute Gasteiger partial charge is 0.467 e. The molecule has 0 aliphatic heterocycles. The van der Waals surface area contributed by atoms with E-state index in [1.54, 1.807) is 0 Å². The van der Waals surface area contributed by atoms with Crippen molar-refractivity contribution in [1.29, 1.82) is 0 Å². The summed E-state index contributed by atoms with van der Waals surface area (Å²) in [6.45, 7) is 5.89. The van der Waals surface area contributed by atoms with Gasteiger partial charge in [0.25, 0.3) is 0 Å². The maximum Gasteiger partial charge on any atom is 0.408 e. The molecule has 0 radical (unpaired) electrons. The average Bonchev–Trinajstić information content (AvgIpc) is 2.89. The van der Waals surface area contributed by atoms with Crippen LogP contribution in [0.15, 0.2) is 66.7 Å². The maximum atomic E-state index is 12.7. The predicted octanol–water partition coefficient (Wildman–Crippen LogP) is 5.35. The molecule has 8 nitrogen and oxygen atoms in total. The van der Waals surface area contributed by atoms with Gasteiger partial charge in [-0.1, -0.05) is 66.7 Å². The number of nitrogens with one attached hydrogen (secondary N) is 2. The van der Waals surface area contributed by atoms with Crippen molar-refractivity contribution in [2.75, 3.05) is 13.7 Å². The van der Waals surface area contributed by atoms with E-state index in [-0.39, 0.29) is 6.61 Å². The molecular formula is C29H34N2O6S. The molecule has 0 saturated carbocycles. The molecule has 2 amide bonds. The highest BCUT2D eigenvalue weighted by Gasteiger charge is 2.31. The number of fused-ring (bicyclic) bond motifs is 1. The molecule has 2 atom stereocenters. The van der Waals surface area contributed by atoms with Crippen LogP contribution in [0.2, 0.25) is 0 Å². The van der Waals surface area contributed by atoms with Crippen molar-refractivity contribution in [2.45, 2.75) is 50.7 Å². The number of thiol groups is 1. The van der Waals surface area contributed by atoms with E-state index in [1.807, 2.05) is 87.5 Å². The number of rotatable bonds is 9. The number of carbonyl (C=O) groups excluding carboxylic acids is 3. The van der Waals surface area contributed by atoms with Crippen LogP contribution in [0, 0.1) is 0 Å². The maximum absolute atomic E-state index is 12.7. The number of esters is 1. The van der Waals surface area contributed by atoms with E-state index in [9.17, 15) is 14.4 Å². The number of hydrogen-bond donors (Lipinski definition) is 3. The van der Waals surface area contributed by atoms with Gasteiger partial charge in [0.2, 0.25) is 0 Å². The van der Waals surface area contributed by atoms with Gasteiger partial charge in [-0.05, 0) is 54.7 Å². The Bertz CT molecular complexity index is 1260. The molecule has 0 bridgehead atoms. The molecule has 0 aromatic heterocycles. The van der Waals surface area contributed by atoms with Crippen molar-refractivity contribution in [3.8, 4) is 0 Å². The normalized spacial score (nSPS) is 12.8. The molecule has 1 unspecified atom stereocenters. The fourth-order valence-electron chi connectivity index (χ4n) is 3.95. The molecule has 202 valence electrons. The number of amides is 2. The third kappa shape index (κ3) is 8.14. The lowest BCUT2D eigenvalue weighted by molar-refractivity contribution is -0.143. The summed E-state index contributed by atoms with van der Waals surface area (Å²) < 4.78 is 15.6. The molecule has 3 aromatic rings. The second-order valence-electron chi connectivity index (χ2n) is 9.69. The van der Waals surface area contributed by atoms with Gasteiger partial charge in [0.15, 0.2) is 0 Å². The molecule has 0 saturated heterocycles. The van der Waals surface area contributed by atoms with Crippen molar-refractivity contribution in [3.05, 3.63) is 83.4 Å². The van der Waals surface area contributed by atoms with Crippen LogP contribution >= 0.6 is 12.6 Å². The quantitative estimate of drug-likeness (QED) is 0.193. The van der Waals surface area contributed by atoms with E-state index in [0.29, 0.717) is 13.0 Å². The van der Waals surface area contributed by atoms with Crippen LogP contribution in [0.1, 0.15) is 42.7 Å². The first-order chi connectivity index (χ1) is 18.1. The summed E-state index contributed by atoms with van der Waals surface area (Å²) in [5, 5.41) is 6.49. The van der Waals surface area contributed by atoms with Gasteiger partial charge in [-0.2, -0.15) is 12.6 Å².